The van der Waals surface area contributed by atoms with Gasteiger partial charge in [-0.2, -0.15) is 0 Å². The fourth-order valence-corrected chi connectivity index (χ4v) is 2.85. The van der Waals surface area contributed by atoms with Gasteiger partial charge in [0.25, 0.3) is 0 Å². The van der Waals surface area contributed by atoms with Crippen LogP contribution in [0.4, 0.5) is 4.79 Å². The zero-order valence-electron chi connectivity index (χ0n) is 18.6. The van der Waals surface area contributed by atoms with Gasteiger partial charge in [-0.1, -0.05) is 6.07 Å². The molecule has 1 fully saturated rings. The van der Waals surface area contributed by atoms with E-state index in [9.17, 15) is 9.59 Å². The largest absolute Gasteiger partial charge is 0.496 e. The normalized spacial score (nSPS) is 14.6. The number of nitrogens with one attached hydrogen (secondary N) is 2. The standard InChI is InChI=1S/C21H32N4O5/c1-7-22-19(24-15-12-25(13-15)20(27)30-21(2,3)4)23-11-14-8-9-17(28-5)16(10-14)18(26)29-6/h8-10,15H,7,11-13H2,1-6H3,(H2,22,23,24). The van der Waals surface area contributed by atoms with Crippen molar-refractivity contribution in [2.45, 2.75) is 45.9 Å². The van der Waals surface area contributed by atoms with Crippen LogP contribution in [0.15, 0.2) is 23.2 Å². The van der Waals surface area contributed by atoms with Gasteiger partial charge in [0.2, 0.25) is 0 Å². The molecule has 1 aromatic carbocycles. The second-order valence-electron chi connectivity index (χ2n) is 7.95. The molecule has 1 aromatic rings. The van der Waals surface area contributed by atoms with Crippen molar-refractivity contribution in [3.05, 3.63) is 29.3 Å². The number of benzene rings is 1. The maximum absolute atomic E-state index is 12.1. The van der Waals surface area contributed by atoms with Gasteiger partial charge in [0, 0.05) is 19.6 Å². The predicted molar refractivity (Wildman–Crippen MR) is 114 cm³/mol. The third kappa shape index (κ3) is 6.53. The maximum Gasteiger partial charge on any atom is 0.410 e. The van der Waals surface area contributed by atoms with Crippen molar-refractivity contribution in [2.24, 2.45) is 4.99 Å². The smallest absolute Gasteiger partial charge is 0.410 e. The number of guanidine groups is 1. The minimum Gasteiger partial charge on any atom is -0.496 e. The zero-order chi connectivity index (χ0) is 22.3. The molecule has 0 unspecified atom stereocenters. The van der Waals surface area contributed by atoms with E-state index in [4.69, 9.17) is 14.2 Å². The molecule has 1 amide bonds. The lowest BCUT2D eigenvalue weighted by Gasteiger charge is -2.40. The van der Waals surface area contributed by atoms with E-state index in [0.717, 1.165) is 5.56 Å². The number of esters is 1. The zero-order valence-corrected chi connectivity index (χ0v) is 18.6. The van der Waals surface area contributed by atoms with Crippen molar-refractivity contribution in [3.63, 3.8) is 0 Å². The monoisotopic (exact) mass is 420 g/mol. The average Bonchev–Trinajstić information content (AvgIpc) is 2.65. The fraction of sp³-hybridized carbons (Fsp3) is 0.571. The van der Waals surface area contributed by atoms with E-state index in [1.165, 1.54) is 14.2 Å². The first kappa shape index (κ1) is 23.3. The lowest BCUT2D eigenvalue weighted by atomic mass is 10.1. The van der Waals surface area contributed by atoms with Gasteiger partial charge in [0.1, 0.15) is 16.9 Å². The molecular formula is C21H32N4O5. The van der Waals surface area contributed by atoms with E-state index in [0.29, 0.717) is 43.5 Å². The highest BCUT2D eigenvalue weighted by Crippen LogP contribution is 2.21. The van der Waals surface area contributed by atoms with Gasteiger partial charge in [-0.3, -0.25) is 0 Å². The molecule has 30 heavy (non-hydrogen) atoms. The van der Waals surface area contributed by atoms with Crippen LogP contribution in [0.3, 0.4) is 0 Å². The lowest BCUT2D eigenvalue weighted by molar-refractivity contribution is 0.00699. The molecule has 9 nitrogen and oxygen atoms in total. The Labute approximate surface area is 177 Å². The number of likely N-dealkylation sites (tertiary alicyclic amines) is 1. The third-order valence-electron chi connectivity index (χ3n) is 4.31. The van der Waals surface area contributed by atoms with Crippen LogP contribution < -0.4 is 15.4 Å². The van der Waals surface area contributed by atoms with E-state index < -0.39 is 11.6 Å². The molecule has 0 radical (unpaired) electrons. The molecule has 0 atom stereocenters. The summed E-state index contributed by atoms with van der Waals surface area (Å²) in [6, 6.07) is 5.39. The molecule has 1 saturated heterocycles. The first-order valence-corrected chi connectivity index (χ1v) is 9.94. The minimum absolute atomic E-state index is 0.0943. The molecule has 9 heteroatoms. The summed E-state index contributed by atoms with van der Waals surface area (Å²) < 4.78 is 15.4. The molecule has 2 N–H and O–H groups in total. The number of aliphatic imine (C=N–C) groups is 1. The first-order chi connectivity index (χ1) is 14.2. The molecule has 2 rings (SSSR count). The Hall–Kier alpha value is -2.97. The number of carbonyl (C=O) groups is 2. The molecular weight excluding hydrogens is 388 g/mol. The van der Waals surface area contributed by atoms with E-state index in [2.05, 4.69) is 15.6 Å². The van der Waals surface area contributed by atoms with Crippen molar-refractivity contribution < 1.29 is 23.8 Å². The second-order valence-corrected chi connectivity index (χ2v) is 7.95. The maximum atomic E-state index is 12.1. The summed E-state index contributed by atoms with van der Waals surface area (Å²) in [5.41, 5.74) is 0.697. The summed E-state index contributed by atoms with van der Waals surface area (Å²) in [4.78, 5) is 30.2. The van der Waals surface area contributed by atoms with Gasteiger partial charge in [-0.25, -0.2) is 14.6 Å². The van der Waals surface area contributed by atoms with Crippen LogP contribution in [0.1, 0.15) is 43.6 Å². The highest BCUT2D eigenvalue weighted by atomic mass is 16.6. The molecule has 166 valence electrons. The Balaban J connectivity index is 1.97. The van der Waals surface area contributed by atoms with Crippen LogP contribution >= 0.6 is 0 Å². The number of amides is 1. The molecule has 0 spiro atoms. The van der Waals surface area contributed by atoms with Crippen LogP contribution in [-0.2, 0) is 16.0 Å². The third-order valence-corrected chi connectivity index (χ3v) is 4.31. The topological polar surface area (TPSA) is 101 Å². The van der Waals surface area contributed by atoms with E-state index in [1.54, 1.807) is 17.0 Å². The number of rotatable bonds is 6. The van der Waals surface area contributed by atoms with Crippen molar-refractivity contribution >= 4 is 18.0 Å². The van der Waals surface area contributed by atoms with Gasteiger partial charge in [0.15, 0.2) is 5.96 Å². The minimum atomic E-state index is -0.507. The molecule has 1 aliphatic rings. The summed E-state index contributed by atoms with van der Waals surface area (Å²) >= 11 is 0. The molecule has 1 heterocycles. The van der Waals surface area contributed by atoms with Crippen molar-refractivity contribution in [1.29, 1.82) is 0 Å². The Morgan fingerprint density at radius 2 is 1.93 bits per heavy atom. The van der Waals surface area contributed by atoms with E-state index >= 15 is 0 Å². The van der Waals surface area contributed by atoms with Crippen molar-refractivity contribution in [1.82, 2.24) is 15.5 Å². The molecule has 1 aliphatic heterocycles. The van der Waals surface area contributed by atoms with Gasteiger partial charge in [0.05, 0.1) is 26.8 Å². The van der Waals surface area contributed by atoms with Crippen LogP contribution in [0.25, 0.3) is 0 Å². The lowest BCUT2D eigenvalue weighted by Crippen LogP contribution is -2.63. The van der Waals surface area contributed by atoms with Crippen LogP contribution in [-0.4, -0.2) is 68.4 Å². The van der Waals surface area contributed by atoms with Crippen LogP contribution in [0.5, 0.6) is 5.75 Å². The summed E-state index contributed by atoms with van der Waals surface area (Å²) in [6.45, 7) is 9.69. The fourth-order valence-electron chi connectivity index (χ4n) is 2.85. The first-order valence-electron chi connectivity index (χ1n) is 9.94. The van der Waals surface area contributed by atoms with Crippen LogP contribution in [0.2, 0.25) is 0 Å². The predicted octanol–water partition coefficient (Wildman–Crippen LogP) is 2.16. The summed E-state index contributed by atoms with van der Waals surface area (Å²) in [5, 5.41) is 6.51. The van der Waals surface area contributed by atoms with Crippen molar-refractivity contribution in [2.75, 3.05) is 33.9 Å². The van der Waals surface area contributed by atoms with E-state index in [1.807, 2.05) is 33.8 Å². The highest BCUT2D eigenvalue weighted by molar-refractivity contribution is 5.92. The summed E-state index contributed by atoms with van der Waals surface area (Å²) in [6.07, 6.45) is -0.309. The number of carbonyl (C=O) groups excluding carboxylic acids is 2. The van der Waals surface area contributed by atoms with Gasteiger partial charge in [-0.05, 0) is 45.4 Å². The Bertz CT molecular complexity index is 782. The average molecular weight is 421 g/mol. The van der Waals surface area contributed by atoms with Crippen molar-refractivity contribution in [3.8, 4) is 5.75 Å². The molecule has 0 saturated carbocycles. The summed E-state index contributed by atoms with van der Waals surface area (Å²) in [5.74, 6) is 0.637. The SMILES string of the molecule is CCNC(=NCc1ccc(OC)c(C(=O)OC)c1)NC1CN(C(=O)OC(C)(C)C)C1. The number of nitrogens with zero attached hydrogens (tertiary/aromatic N) is 2. The van der Waals surface area contributed by atoms with E-state index in [-0.39, 0.29) is 12.1 Å². The Kier molecular flexibility index (Phi) is 7.91. The van der Waals surface area contributed by atoms with Gasteiger partial charge >= 0.3 is 12.1 Å². The number of ether oxygens (including phenoxy) is 3. The number of hydrogen-bond donors (Lipinski definition) is 2. The van der Waals surface area contributed by atoms with Gasteiger partial charge < -0.3 is 29.7 Å². The highest BCUT2D eigenvalue weighted by Gasteiger charge is 2.34. The second kappa shape index (κ2) is 10.2. The Morgan fingerprint density at radius 3 is 2.50 bits per heavy atom. The molecule has 0 bridgehead atoms. The summed E-state index contributed by atoms with van der Waals surface area (Å²) in [7, 11) is 2.84. The quantitative estimate of drug-likeness (QED) is 0.413. The molecule has 0 aromatic heterocycles. The number of hydrogen-bond acceptors (Lipinski definition) is 6. The number of methoxy groups -OCH3 is 2. The molecule has 0 aliphatic carbocycles. The Morgan fingerprint density at radius 1 is 1.23 bits per heavy atom. The van der Waals surface area contributed by atoms with Crippen LogP contribution in [0, 0.1) is 0 Å². The van der Waals surface area contributed by atoms with Gasteiger partial charge in [-0.15, -0.1) is 0 Å².